The summed E-state index contributed by atoms with van der Waals surface area (Å²) in [5, 5.41) is 3.27. The Morgan fingerprint density at radius 1 is 0.920 bits per heavy atom. The number of carbonyl (C=O) groups excluding carboxylic acids is 2. The number of amides is 2. The van der Waals surface area contributed by atoms with Gasteiger partial charge in [0.25, 0.3) is 0 Å². The Balaban J connectivity index is 1.39. The molecule has 1 N–H and O–H groups in total. The number of hydrogen-bond donors (Lipinski definition) is 1. The molecule has 2 amide bonds. The SMILES string of the molecule is CC1CCCC(NC(=O)CN2CCC(C(=O)N3CCCC3)CC2)C1C. The first-order chi connectivity index (χ1) is 12.0. The third-order valence-corrected chi connectivity index (χ3v) is 6.77. The maximum absolute atomic E-state index is 12.5. The average Bonchev–Trinajstić information content (AvgIpc) is 3.13. The second kappa shape index (κ2) is 8.52. The maximum atomic E-state index is 12.5. The van der Waals surface area contributed by atoms with Crippen molar-refractivity contribution in [2.24, 2.45) is 17.8 Å². The van der Waals surface area contributed by atoms with Crippen LogP contribution >= 0.6 is 0 Å². The van der Waals surface area contributed by atoms with Gasteiger partial charge in [0, 0.05) is 25.0 Å². The summed E-state index contributed by atoms with van der Waals surface area (Å²) in [6.07, 6.45) is 7.74. The van der Waals surface area contributed by atoms with Crippen LogP contribution in [0.15, 0.2) is 0 Å². The van der Waals surface area contributed by atoms with Gasteiger partial charge in [0.1, 0.15) is 0 Å². The van der Waals surface area contributed by atoms with Crippen LogP contribution in [0.4, 0.5) is 0 Å². The molecule has 2 heterocycles. The molecule has 3 rings (SSSR count). The minimum absolute atomic E-state index is 0.162. The van der Waals surface area contributed by atoms with Crippen LogP contribution in [0.2, 0.25) is 0 Å². The Morgan fingerprint density at radius 2 is 1.60 bits per heavy atom. The van der Waals surface area contributed by atoms with Crippen molar-refractivity contribution in [1.29, 1.82) is 0 Å². The van der Waals surface area contributed by atoms with E-state index in [1.807, 2.05) is 4.90 Å². The lowest BCUT2D eigenvalue weighted by Crippen LogP contribution is -2.49. The molecule has 3 fully saturated rings. The lowest BCUT2D eigenvalue weighted by Gasteiger charge is -2.36. The van der Waals surface area contributed by atoms with Gasteiger partial charge in [0.2, 0.25) is 11.8 Å². The Kier molecular flexibility index (Phi) is 6.37. The van der Waals surface area contributed by atoms with E-state index < -0.39 is 0 Å². The van der Waals surface area contributed by atoms with Crippen LogP contribution < -0.4 is 5.32 Å². The highest BCUT2D eigenvalue weighted by Gasteiger charge is 2.31. The molecule has 2 saturated heterocycles. The van der Waals surface area contributed by atoms with Gasteiger partial charge in [0.05, 0.1) is 6.54 Å². The van der Waals surface area contributed by atoms with Gasteiger partial charge in [-0.25, -0.2) is 0 Å². The summed E-state index contributed by atoms with van der Waals surface area (Å²) in [7, 11) is 0. The van der Waals surface area contributed by atoms with Crippen molar-refractivity contribution in [2.45, 2.75) is 64.8 Å². The van der Waals surface area contributed by atoms with Crippen LogP contribution in [0.1, 0.15) is 58.8 Å². The highest BCUT2D eigenvalue weighted by molar-refractivity contribution is 5.80. The summed E-state index contributed by atoms with van der Waals surface area (Å²) in [4.78, 5) is 29.2. The summed E-state index contributed by atoms with van der Waals surface area (Å²) in [5.41, 5.74) is 0. The van der Waals surface area contributed by atoms with Gasteiger partial charge in [-0.2, -0.15) is 0 Å². The van der Waals surface area contributed by atoms with E-state index in [4.69, 9.17) is 0 Å². The molecular weight excluding hydrogens is 314 g/mol. The van der Waals surface area contributed by atoms with E-state index in [0.29, 0.717) is 30.3 Å². The summed E-state index contributed by atoms with van der Waals surface area (Å²) in [6, 6.07) is 0.338. The zero-order chi connectivity index (χ0) is 17.8. The van der Waals surface area contributed by atoms with Gasteiger partial charge in [-0.15, -0.1) is 0 Å². The molecule has 0 radical (unpaired) electrons. The van der Waals surface area contributed by atoms with Crippen LogP contribution in [0.25, 0.3) is 0 Å². The third-order valence-electron chi connectivity index (χ3n) is 6.77. The lowest BCUT2D eigenvalue weighted by molar-refractivity contribution is -0.136. The molecule has 1 saturated carbocycles. The van der Waals surface area contributed by atoms with Crippen molar-refractivity contribution in [2.75, 3.05) is 32.7 Å². The molecule has 5 nitrogen and oxygen atoms in total. The largest absolute Gasteiger partial charge is 0.352 e. The Morgan fingerprint density at radius 3 is 2.28 bits per heavy atom. The molecule has 3 aliphatic rings. The first-order valence-corrected chi connectivity index (χ1v) is 10.3. The van der Waals surface area contributed by atoms with Gasteiger partial charge >= 0.3 is 0 Å². The molecule has 0 spiro atoms. The fraction of sp³-hybridized carbons (Fsp3) is 0.900. The number of carbonyl (C=O) groups is 2. The summed E-state index contributed by atoms with van der Waals surface area (Å²) < 4.78 is 0. The molecule has 25 heavy (non-hydrogen) atoms. The van der Waals surface area contributed by atoms with Crippen LogP contribution in [0.5, 0.6) is 0 Å². The Bertz CT molecular complexity index is 468. The first-order valence-electron chi connectivity index (χ1n) is 10.3. The number of piperidine rings is 1. The highest BCUT2D eigenvalue weighted by atomic mass is 16.2. The van der Waals surface area contributed by atoms with Crippen LogP contribution in [0.3, 0.4) is 0 Å². The predicted molar refractivity (Wildman–Crippen MR) is 99.1 cm³/mol. The zero-order valence-electron chi connectivity index (χ0n) is 16.0. The predicted octanol–water partition coefficient (Wildman–Crippen LogP) is 2.26. The van der Waals surface area contributed by atoms with Crippen molar-refractivity contribution >= 4 is 11.8 Å². The van der Waals surface area contributed by atoms with E-state index >= 15 is 0 Å². The minimum Gasteiger partial charge on any atom is -0.352 e. The van der Waals surface area contributed by atoms with E-state index in [1.165, 1.54) is 12.8 Å². The molecule has 3 atom stereocenters. The van der Waals surface area contributed by atoms with Crippen molar-refractivity contribution in [3.63, 3.8) is 0 Å². The molecule has 5 heteroatoms. The maximum Gasteiger partial charge on any atom is 0.234 e. The number of hydrogen-bond acceptors (Lipinski definition) is 3. The molecule has 1 aliphatic carbocycles. The van der Waals surface area contributed by atoms with E-state index in [0.717, 1.165) is 58.3 Å². The molecule has 142 valence electrons. The standard InChI is InChI=1S/C20H35N3O2/c1-15-6-5-7-18(16(15)2)21-19(24)14-22-12-8-17(9-13-22)20(25)23-10-3-4-11-23/h15-18H,3-14H2,1-2H3,(H,21,24). The molecule has 3 unspecified atom stereocenters. The van der Waals surface area contributed by atoms with Crippen LogP contribution in [-0.2, 0) is 9.59 Å². The number of rotatable bonds is 4. The topological polar surface area (TPSA) is 52.7 Å². The van der Waals surface area contributed by atoms with Crippen molar-refractivity contribution in [3.8, 4) is 0 Å². The van der Waals surface area contributed by atoms with Crippen LogP contribution in [0, 0.1) is 17.8 Å². The number of nitrogens with one attached hydrogen (secondary N) is 1. The van der Waals surface area contributed by atoms with Crippen molar-refractivity contribution in [1.82, 2.24) is 15.1 Å². The smallest absolute Gasteiger partial charge is 0.234 e. The van der Waals surface area contributed by atoms with Gasteiger partial charge in [0.15, 0.2) is 0 Å². The Hall–Kier alpha value is -1.10. The van der Waals surface area contributed by atoms with Crippen molar-refractivity contribution in [3.05, 3.63) is 0 Å². The molecule has 0 aromatic carbocycles. The minimum atomic E-state index is 0.162. The molecule has 0 aromatic heterocycles. The van der Waals surface area contributed by atoms with E-state index in [1.54, 1.807) is 0 Å². The second-order valence-corrected chi connectivity index (χ2v) is 8.52. The molecule has 0 bridgehead atoms. The quantitative estimate of drug-likeness (QED) is 0.847. The van der Waals surface area contributed by atoms with Gasteiger partial charge < -0.3 is 10.2 Å². The lowest BCUT2D eigenvalue weighted by atomic mass is 9.78. The fourth-order valence-electron chi connectivity index (χ4n) is 4.77. The number of nitrogens with zero attached hydrogens (tertiary/aromatic N) is 2. The van der Waals surface area contributed by atoms with Gasteiger partial charge in [-0.1, -0.05) is 26.7 Å². The normalized spacial score (nSPS) is 31.9. The molecular formula is C20H35N3O2. The number of likely N-dealkylation sites (tertiary alicyclic amines) is 2. The fourth-order valence-corrected chi connectivity index (χ4v) is 4.77. The summed E-state index contributed by atoms with van der Waals surface area (Å²) in [5.74, 6) is 1.96. The monoisotopic (exact) mass is 349 g/mol. The second-order valence-electron chi connectivity index (χ2n) is 8.52. The van der Waals surface area contributed by atoms with Crippen LogP contribution in [-0.4, -0.2) is 60.4 Å². The highest BCUT2D eigenvalue weighted by Crippen LogP contribution is 2.29. The summed E-state index contributed by atoms with van der Waals surface area (Å²) >= 11 is 0. The van der Waals surface area contributed by atoms with E-state index in [9.17, 15) is 9.59 Å². The third kappa shape index (κ3) is 4.75. The van der Waals surface area contributed by atoms with Gasteiger partial charge in [-0.05, 0) is 57.0 Å². The van der Waals surface area contributed by atoms with Gasteiger partial charge in [-0.3, -0.25) is 14.5 Å². The average molecular weight is 350 g/mol. The zero-order valence-corrected chi connectivity index (χ0v) is 16.0. The van der Waals surface area contributed by atoms with E-state index in [2.05, 4.69) is 24.1 Å². The first kappa shape index (κ1) is 18.7. The molecule has 2 aliphatic heterocycles. The molecule has 0 aromatic rings. The summed E-state index contributed by atoms with van der Waals surface area (Å²) in [6.45, 7) is 8.68. The Labute approximate surface area is 152 Å². The van der Waals surface area contributed by atoms with Crippen molar-refractivity contribution < 1.29 is 9.59 Å². The van der Waals surface area contributed by atoms with E-state index in [-0.39, 0.29) is 11.8 Å².